The van der Waals surface area contributed by atoms with Crippen LogP contribution >= 0.6 is 34.3 Å². The fourth-order valence-electron chi connectivity index (χ4n) is 4.07. The van der Waals surface area contributed by atoms with Crippen molar-refractivity contribution in [1.29, 1.82) is 0 Å². The number of halogens is 4. The topological polar surface area (TPSA) is 48.8 Å². The molecule has 154 valence electrons. The van der Waals surface area contributed by atoms with Crippen LogP contribution in [0.4, 0.5) is 18.3 Å². The van der Waals surface area contributed by atoms with E-state index >= 15 is 0 Å². The predicted molar refractivity (Wildman–Crippen MR) is 107 cm³/mol. The molecule has 0 saturated carbocycles. The molecule has 2 fully saturated rings. The van der Waals surface area contributed by atoms with E-state index in [1.807, 2.05) is 27.9 Å². The molecule has 3 atom stereocenters. The quantitative estimate of drug-likeness (QED) is 0.577. The Kier molecular flexibility index (Phi) is 7.62. The van der Waals surface area contributed by atoms with Gasteiger partial charge in [0.05, 0.1) is 12.7 Å². The van der Waals surface area contributed by atoms with E-state index in [0.717, 1.165) is 61.9 Å². The number of piperidine rings is 2. The zero-order valence-corrected chi connectivity index (χ0v) is 18.0. The maximum absolute atomic E-state index is 12.8. The minimum atomic E-state index is -4.39. The van der Waals surface area contributed by atoms with Crippen LogP contribution in [0.3, 0.4) is 0 Å². The average Bonchev–Trinajstić information content (AvgIpc) is 3.12. The van der Waals surface area contributed by atoms with Crippen LogP contribution in [-0.4, -0.2) is 59.9 Å². The van der Waals surface area contributed by atoms with Crippen molar-refractivity contribution in [3.05, 3.63) is 11.1 Å². The van der Waals surface area contributed by atoms with Gasteiger partial charge in [-0.05, 0) is 38.0 Å². The highest BCUT2D eigenvalue weighted by Crippen LogP contribution is 2.34. The Morgan fingerprint density at radius 3 is 2.81 bits per heavy atom. The van der Waals surface area contributed by atoms with E-state index in [4.69, 9.17) is 3.07 Å². The molecule has 0 bridgehead atoms. The van der Waals surface area contributed by atoms with E-state index in [1.54, 1.807) is 0 Å². The number of alkyl halides is 3. The fourth-order valence-corrected chi connectivity index (χ4v) is 5.19. The van der Waals surface area contributed by atoms with Gasteiger partial charge in [0.2, 0.25) is 0 Å². The predicted octanol–water partition coefficient (Wildman–Crippen LogP) is 3.96. The number of aromatic nitrogens is 1. The van der Waals surface area contributed by atoms with E-state index < -0.39 is 11.9 Å². The van der Waals surface area contributed by atoms with Gasteiger partial charge in [0, 0.05) is 37.6 Å². The minimum absolute atomic E-state index is 0.297. The van der Waals surface area contributed by atoms with Crippen molar-refractivity contribution >= 4 is 39.5 Å². The Labute approximate surface area is 175 Å². The van der Waals surface area contributed by atoms with Gasteiger partial charge < -0.3 is 13.1 Å². The third-order valence-electron chi connectivity index (χ3n) is 5.39. The second-order valence-electron chi connectivity index (χ2n) is 7.41. The molecule has 2 aliphatic rings. The Hall–Kier alpha value is -0.170. The molecule has 3 rings (SSSR count). The lowest BCUT2D eigenvalue weighted by Gasteiger charge is -2.42. The summed E-state index contributed by atoms with van der Waals surface area (Å²) in [4.78, 5) is 8.13. The number of aliphatic hydroxyl groups is 1. The van der Waals surface area contributed by atoms with Crippen LogP contribution in [0, 0.1) is 5.92 Å². The van der Waals surface area contributed by atoms with Crippen molar-refractivity contribution in [2.75, 3.05) is 37.7 Å². The Morgan fingerprint density at radius 1 is 1.30 bits per heavy atom. The van der Waals surface area contributed by atoms with Gasteiger partial charge in [-0.15, -0.1) is 11.3 Å². The Bertz CT molecular complexity index is 602. The van der Waals surface area contributed by atoms with E-state index in [9.17, 15) is 18.3 Å². The van der Waals surface area contributed by atoms with Crippen molar-refractivity contribution in [2.24, 2.45) is 5.92 Å². The van der Waals surface area contributed by atoms with Crippen LogP contribution < -0.4 is 4.90 Å². The highest BCUT2D eigenvalue weighted by atomic mass is 127. The number of thiazole rings is 1. The molecule has 1 aromatic rings. The lowest BCUT2D eigenvalue weighted by molar-refractivity contribution is -0.140. The summed E-state index contributed by atoms with van der Waals surface area (Å²) in [7, 11) is 0. The molecule has 1 N–H and O–H groups in total. The smallest absolute Gasteiger partial charge is 0.392 e. The van der Waals surface area contributed by atoms with Crippen LogP contribution in [0.2, 0.25) is 0 Å². The Morgan fingerprint density at radius 2 is 2.11 bits per heavy atom. The molecule has 1 aromatic heterocycles. The van der Waals surface area contributed by atoms with E-state index in [2.05, 4.69) is 9.88 Å². The van der Waals surface area contributed by atoms with Gasteiger partial charge >= 0.3 is 6.18 Å². The number of hydrogen-bond donors (Lipinski definition) is 1. The normalized spacial score (nSPS) is 27.9. The summed E-state index contributed by atoms with van der Waals surface area (Å²) in [6.07, 6.45) is 0.0294. The first kappa shape index (κ1) is 21.5. The fraction of sp³-hybridized carbons (Fsp3) is 0.824. The summed E-state index contributed by atoms with van der Waals surface area (Å²) >= 11 is 2.97. The third-order valence-corrected chi connectivity index (χ3v) is 6.73. The summed E-state index contributed by atoms with van der Waals surface area (Å²) in [5.74, 6) is 0.366. The highest BCUT2D eigenvalue weighted by Gasteiger charge is 2.35. The van der Waals surface area contributed by atoms with E-state index in [0.29, 0.717) is 36.8 Å². The van der Waals surface area contributed by atoms with Gasteiger partial charge in [-0.2, -0.15) is 13.2 Å². The van der Waals surface area contributed by atoms with Crippen molar-refractivity contribution in [1.82, 2.24) is 9.88 Å². The second-order valence-corrected chi connectivity index (χ2v) is 8.87. The molecule has 2 saturated heterocycles. The first-order chi connectivity index (χ1) is 12.9. The lowest BCUT2D eigenvalue weighted by atomic mass is 9.93. The minimum Gasteiger partial charge on any atom is -0.392 e. The lowest BCUT2D eigenvalue weighted by Crippen LogP contribution is -2.50. The second kappa shape index (κ2) is 9.55. The van der Waals surface area contributed by atoms with Crippen LogP contribution in [0.1, 0.15) is 37.8 Å². The van der Waals surface area contributed by atoms with Crippen LogP contribution in [0.15, 0.2) is 5.38 Å². The monoisotopic (exact) mass is 519 g/mol. The van der Waals surface area contributed by atoms with Crippen molar-refractivity contribution in [3.63, 3.8) is 0 Å². The number of anilines is 1. The van der Waals surface area contributed by atoms with Crippen LogP contribution in [0.25, 0.3) is 0 Å². The summed E-state index contributed by atoms with van der Waals surface area (Å²) in [5, 5.41) is 11.6. The molecular weight excluding hydrogens is 494 g/mol. The molecule has 0 amide bonds. The standard InChI is InChI=1S/C17H25F3IN3O2S/c18-17(19,20)15-11-27-16(22-15)23-6-1-2-12(8-23)9-24-10-14(25)4-3-13(24)5-7-26-21/h11-14,25H,1-10H2/t12-,13-,14+/m0/s1. The maximum Gasteiger partial charge on any atom is 0.434 e. The summed E-state index contributed by atoms with van der Waals surface area (Å²) in [5.41, 5.74) is -0.803. The van der Waals surface area contributed by atoms with Crippen LogP contribution in [-0.2, 0) is 9.24 Å². The average molecular weight is 519 g/mol. The van der Waals surface area contributed by atoms with Crippen molar-refractivity contribution < 1.29 is 21.3 Å². The molecule has 0 spiro atoms. The van der Waals surface area contributed by atoms with Gasteiger partial charge in [-0.3, -0.25) is 4.90 Å². The molecule has 27 heavy (non-hydrogen) atoms. The summed E-state index contributed by atoms with van der Waals surface area (Å²) < 4.78 is 43.6. The zero-order chi connectivity index (χ0) is 19.4. The van der Waals surface area contributed by atoms with Gasteiger partial charge in [0.1, 0.15) is 23.0 Å². The van der Waals surface area contributed by atoms with Gasteiger partial charge in [-0.1, -0.05) is 0 Å². The molecule has 2 aliphatic heterocycles. The number of nitrogens with zero attached hydrogens (tertiary/aromatic N) is 3. The summed E-state index contributed by atoms with van der Waals surface area (Å²) in [6, 6.07) is 0.398. The zero-order valence-electron chi connectivity index (χ0n) is 15.0. The summed E-state index contributed by atoms with van der Waals surface area (Å²) in [6.45, 7) is 3.67. The molecule has 0 radical (unpaired) electrons. The maximum atomic E-state index is 12.8. The van der Waals surface area contributed by atoms with Crippen LogP contribution in [0.5, 0.6) is 0 Å². The first-order valence-electron chi connectivity index (χ1n) is 9.30. The largest absolute Gasteiger partial charge is 0.434 e. The van der Waals surface area contributed by atoms with E-state index in [-0.39, 0.29) is 6.10 Å². The first-order valence-corrected chi connectivity index (χ1v) is 11.1. The number of rotatable bonds is 6. The molecule has 5 nitrogen and oxygen atoms in total. The van der Waals surface area contributed by atoms with Crippen molar-refractivity contribution in [2.45, 2.75) is 50.4 Å². The molecule has 3 heterocycles. The number of aliphatic hydroxyl groups excluding tert-OH is 1. The van der Waals surface area contributed by atoms with Gasteiger partial charge in [0.25, 0.3) is 0 Å². The van der Waals surface area contributed by atoms with Gasteiger partial charge in [0.15, 0.2) is 10.8 Å². The number of β-amino-alcohol motifs (C(OH)–C–C–N with tert-alkyl or cyclic N) is 1. The Balaban J connectivity index is 1.60. The molecule has 0 aliphatic carbocycles. The number of hydrogen-bond acceptors (Lipinski definition) is 6. The molecule has 10 heteroatoms. The molecule has 0 unspecified atom stereocenters. The molecule has 0 aromatic carbocycles. The third kappa shape index (κ3) is 5.91. The van der Waals surface area contributed by atoms with Gasteiger partial charge in [-0.25, -0.2) is 4.98 Å². The van der Waals surface area contributed by atoms with E-state index in [1.165, 1.54) is 0 Å². The SMILES string of the molecule is O[C@@H]1CC[C@@H](CCOI)N(C[C@H]2CCCN(c3nc(C(F)(F)F)cs3)C2)C1. The number of likely N-dealkylation sites (tertiary alicyclic amines) is 1. The molecular formula is C17H25F3IN3O2S. The van der Waals surface area contributed by atoms with Crippen molar-refractivity contribution in [3.8, 4) is 0 Å². The highest BCUT2D eigenvalue weighted by molar-refractivity contribution is 14.1.